The summed E-state index contributed by atoms with van der Waals surface area (Å²) in [7, 11) is 0. The Balaban J connectivity index is 2.11. The lowest BCUT2D eigenvalue weighted by molar-refractivity contribution is 0.318. The maximum atomic E-state index is 8.67. The van der Waals surface area contributed by atoms with Gasteiger partial charge in [-0.15, -0.1) is 0 Å². The first kappa shape index (κ1) is 14.3. The van der Waals surface area contributed by atoms with E-state index in [1.54, 1.807) is 18.0 Å². The second-order valence-electron chi connectivity index (χ2n) is 4.40. The van der Waals surface area contributed by atoms with Crippen LogP contribution >= 0.6 is 11.8 Å². The van der Waals surface area contributed by atoms with Crippen molar-refractivity contribution in [2.75, 3.05) is 0 Å². The number of hydrogen-bond acceptors (Lipinski definition) is 5. The van der Waals surface area contributed by atoms with Crippen molar-refractivity contribution in [3.63, 3.8) is 0 Å². The van der Waals surface area contributed by atoms with E-state index in [4.69, 9.17) is 10.9 Å². The molecule has 1 heterocycles. The number of benzene rings is 1. The standard InChI is InChI=1S/C14H16N4OS/c1-9-7-11(13(15)18-19)3-4-12(9)8-20-14-16-6-5-10(2)17-14/h3-7,19H,8H2,1-2H3,(H2,15,18). The number of aromatic nitrogens is 2. The summed E-state index contributed by atoms with van der Waals surface area (Å²) in [4.78, 5) is 8.58. The largest absolute Gasteiger partial charge is 0.409 e. The third-order valence-corrected chi connectivity index (χ3v) is 3.79. The highest BCUT2D eigenvalue weighted by Gasteiger charge is 2.05. The maximum absolute atomic E-state index is 8.67. The molecule has 0 aliphatic carbocycles. The molecule has 6 heteroatoms. The Morgan fingerprint density at radius 2 is 2.15 bits per heavy atom. The molecule has 0 unspecified atom stereocenters. The Hall–Kier alpha value is -2.08. The van der Waals surface area contributed by atoms with Crippen molar-refractivity contribution in [3.05, 3.63) is 52.8 Å². The van der Waals surface area contributed by atoms with E-state index >= 15 is 0 Å². The fourth-order valence-corrected chi connectivity index (χ4v) is 2.67. The van der Waals surface area contributed by atoms with Gasteiger partial charge in [-0.25, -0.2) is 9.97 Å². The lowest BCUT2D eigenvalue weighted by Crippen LogP contribution is -2.13. The van der Waals surface area contributed by atoms with Crippen LogP contribution in [-0.4, -0.2) is 21.0 Å². The van der Waals surface area contributed by atoms with Crippen LogP contribution in [0.25, 0.3) is 0 Å². The third kappa shape index (κ3) is 3.48. The minimum absolute atomic E-state index is 0.120. The number of rotatable bonds is 4. The molecule has 0 aliphatic heterocycles. The molecule has 20 heavy (non-hydrogen) atoms. The van der Waals surface area contributed by atoms with Gasteiger partial charge in [-0.05, 0) is 37.1 Å². The van der Waals surface area contributed by atoms with Crippen LogP contribution in [0.3, 0.4) is 0 Å². The summed E-state index contributed by atoms with van der Waals surface area (Å²) in [5.74, 6) is 0.903. The van der Waals surface area contributed by atoms with Gasteiger partial charge in [-0.3, -0.25) is 0 Å². The van der Waals surface area contributed by atoms with E-state index in [-0.39, 0.29) is 5.84 Å². The molecule has 0 radical (unpaired) electrons. The van der Waals surface area contributed by atoms with Crippen molar-refractivity contribution in [2.24, 2.45) is 10.9 Å². The average Bonchev–Trinajstić information content (AvgIpc) is 2.45. The van der Waals surface area contributed by atoms with Gasteiger partial charge in [0.1, 0.15) is 0 Å². The van der Waals surface area contributed by atoms with Crippen LogP contribution in [0.1, 0.15) is 22.4 Å². The molecular weight excluding hydrogens is 272 g/mol. The predicted octanol–water partition coefficient (Wildman–Crippen LogP) is 2.48. The minimum Gasteiger partial charge on any atom is -0.409 e. The van der Waals surface area contributed by atoms with Gasteiger partial charge < -0.3 is 10.9 Å². The van der Waals surface area contributed by atoms with Crippen LogP contribution in [-0.2, 0) is 5.75 Å². The Morgan fingerprint density at radius 1 is 1.35 bits per heavy atom. The molecule has 2 aromatic rings. The minimum atomic E-state index is 0.120. The van der Waals surface area contributed by atoms with Crippen molar-refractivity contribution < 1.29 is 5.21 Å². The predicted molar refractivity (Wildman–Crippen MR) is 80.0 cm³/mol. The second kappa shape index (κ2) is 6.38. The van der Waals surface area contributed by atoms with Crippen molar-refractivity contribution in [1.29, 1.82) is 0 Å². The Labute approximate surface area is 121 Å². The highest BCUT2D eigenvalue weighted by molar-refractivity contribution is 7.98. The summed E-state index contributed by atoms with van der Waals surface area (Å²) in [5.41, 5.74) is 9.51. The monoisotopic (exact) mass is 288 g/mol. The zero-order chi connectivity index (χ0) is 14.5. The van der Waals surface area contributed by atoms with Crippen LogP contribution in [0.15, 0.2) is 40.8 Å². The van der Waals surface area contributed by atoms with Gasteiger partial charge in [-0.1, -0.05) is 29.1 Å². The SMILES string of the molecule is Cc1ccnc(SCc2ccc(/C(N)=N/O)cc2C)n1. The van der Waals surface area contributed by atoms with Gasteiger partial charge >= 0.3 is 0 Å². The molecule has 0 aliphatic rings. The second-order valence-corrected chi connectivity index (χ2v) is 5.34. The van der Waals surface area contributed by atoms with Crippen molar-refractivity contribution in [3.8, 4) is 0 Å². The first-order valence-electron chi connectivity index (χ1n) is 6.10. The molecule has 0 saturated carbocycles. The maximum Gasteiger partial charge on any atom is 0.188 e. The summed E-state index contributed by atoms with van der Waals surface area (Å²) in [5, 5.41) is 12.4. The molecule has 1 aromatic carbocycles. The van der Waals surface area contributed by atoms with Gasteiger partial charge in [0, 0.05) is 23.2 Å². The summed E-state index contributed by atoms with van der Waals surface area (Å²) in [6, 6.07) is 7.60. The number of nitrogens with two attached hydrogens (primary N) is 1. The van der Waals surface area contributed by atoms with Crippen molar-refractivity contribution in [2.45, 2.75) is 24.8 Å². The van der Waals surface area contributed by atoms with E-state index in [0.29, 0.717) is 5.56 Å². The smallest absolute Gasteiger partial charge is 0.188 e. The molecule has 3 N–H and O–H groups in total. The Morgan fingerprint density at radius 3 is 2.80 bits per heavy atom. The van der Waals surface area contributed by atoms with E-state index in [2.05, 4.69) is 15.1 Å². The summed E-state index contributed by atoms with van der Waals surface area (Å²) < 4.78 is 0. The molecule has 0 atom stereocenters. The summed E-state index contributed by atoms with van der Waals surface area (Å²) in [6.07, 6.45) is 1.76. The molecule has 5 nitrogen and oxygen atoms in total. The van der Waals surface area contributed by atoms with Crippen LogP contribution in [0, 0.1) is 13.8 Å². The normalized spacial score (nSPS) is 11.6. The van der Waals surface area contributed by atoms with Crippen LogP contribution in [0.4, 0.5) is 0 Å². The molecule has 0 amide bonds. The van der Waals surface area contributed by atoms with E-state index in [0.717, 1.165) is 22.2 Å². The number of hydrogen-bond donors (Lipinski definition) is 2. The van der Waals surface area contributed by atoms with Gasteiger partial charge in [0.15, 0.2) is 11.0 Å². The molecular formula is C14H16N4OS. The molecule has 2 rings (SSSR count). The third-order valence-electron chi connectivity index (χ3n) is 2.88. The number of oxime groups is 1. The lowest BCUT2D eigenvalue weighted by Gasteiger charge is -2.07. The average molecular weight is 288 g/mol. The van der Waals surface area contributed by atoms with Crippen LogP contribution < -0.4 is 5.73 Å². The summed E-state index contributed by atoms with van der Waals surface area (Å²) in [6.45, 7) is 3.95. The quantitative estimate of drug-likeness (QED) is 0.225. The van der Waals surface area contributed by atoms with E-state index in [1.807, 2.05) is 38.1 Å². The zero-order valence-corrected chi connectivity index (χ0v) is 12.2. The van der Waals surface area contributed by atoms with Crippen LogP contribution in [0.5, 0.6) is 0 Å². The molecule has 0 saturated heterocycles. The van der Waals surface area contributed by atoms with E-state index < -0.39 is 0 Å². The molecule has 0 fully saturated rings. The number of aryl methyl sites for hydroxylation is 2. The molecule has 0 spiro atoms. The fourth-order valence-electron chi connectivity index (χ4n) is 1.71. The first-order valence-corrected chi connectivity index (χ1v) is 7.08. The number of nitrogens with zero attached hydrogens (tertiary/aromatic N) is 3. The number of thioether (sulfide) groups is 1. The Bertz CT molecular complexity index is 643. The fraction of sp³-hybridized carbons (Fsp3) is 0.214. The van der Waals surface area contributed by atoms with Gasteiger partial charge in [0.25, 0.3) is 0 Å². The highest BCUT2D eigenvalue weighted by atomic mass is 32.2. The van der Waals surface area contributed by atoms with E-state index in [9.17, 15) is 0 Å². The van der Waals surface area contributed by atoms with Gasteiger partial charge in [-0.2, -0.15) is 0 Å². The van der Waals surface area contributed by atoms with Gasteiger partial charge in [0.2, 0.25) is 0 Å². The van der Waals surface area contributed by atoms with Crippen molar-refractivity contribution in [1.82, 2.24) is 9.97 Å². The lowest BCUT2D eigenvalue weighted by atomic mass is 10.1. The molecule has 104 valence electrons. The topological polar surface area (TPSA) is 84.4 Å². The highest BCUT2D eigenvalue weighted by Crippen LogP contribution is 2.22. The van der Waals surface area contributed by atoms with E-state index in [1.165, 1.54) is 5.56 Å². The Kier molecular flexibility index (Phi) is 4.57. The molecule has 1 aromatic heterocycles. The zero-order valence-electron chi connectivity index (χ0n) is 11.4. The number of amidine groups is 1. The summed E-state index contributed by atoms with van der Waals surface area (Å²) >= 11 is 1.59. The molecule has 0 bridgehead atoms. The van der Waals surface area contributed by atoms with Gasteiger partial charge in [0.05, 0.1) is 0 Å². The van der Waals surface area contributed by atoms with Crippen LogP contribution in [0.2, 0.25) is 0 Å². The first-order chi connectivity index (χ1) is 9.60. The van der Waals surface area contributed by atoms with Crippen molar-refractivity contribution >= 4 is 17.6 Å².